The lowest BCUT2D eigenvalue weighted by atomic mass is 10.1. The van der Waals surface area contributed by atoms with E-state index < -0.39 is 27.9 Å². The highest BCUT2D eigenvalue weighted by atomic mass is 32.2. The second kappa shape index (κ2) is 10.3. The summed E-state index contributed by atoms with van der Waals surface area (Å²) in [6.07, 6.45) is 3.42. The zero-order chi connectivity index (χ0) is 26.7. The summed E-state index contributed by atoms with van der Waals surface area (Å²) in [6.45, 7) is -0.0885. The van der Waals surface area contributed by atoms with Crippen LogP contribution in [0.25, 0.3) is 21.8 Å². The van der Waals surface area contributed by atoms with Crippen molar-refractivity contribution in [3.63, 3.8) is 0 Å². The minimum Gasteiger partial charge on any atom is -0.480 e. The number of carbonyl (C=O) groups is 2. The van der Waals surface area contributed by atoms with E-state index in [1.165, 1.54) is 6.07 Å². The molecule has 5 rings (SSSR count). The number of hydrogen-bond acceptors (Lipinski definition) is 5. The molecule has 0 radical (unpaired) electrons. The van der Waals surface area contributed by atoms with Gasteiger partial charge >= 0.3 is 5.97 Å². The fourth-order valence-electron chi connectivity index (χ4n) is 4.35. The number of benzene rings is 3. The van der Waals surface area contributed by atoms with Crippen molar-refractivity contribution in [3.05, 3.63) is 103 Å². The average molecular weight is 529 g/mol. The van der Waals surface area contributed by atoms with Gasteiger partial charge in [0, 0.05) is 40.8 Å². The van der Waals surface area contributed by atoms with E-state index in [0.717, 1.165) is 10.9 Å². The maximum absolute atomic E-state index is 13.1. The SMILES string of the molecule is O=C(Cn1ccc2cc(NS(=O)(=O)c3cccc4cccnc34)ccc21)N[C@@H](Cc1ccccc1)C(=O)O. The van der Waals surface area contributed by atoms with Gasteiger partial charge in [-0.05, 0) is 42.0 Å². The van der Waals surface area contributed by atoms with Gasteiger partial charge in [0.15, 0.2) is 0 Å². The number of pyridine rings is 1. The highest BCUT2D eigenvalue weighted by Gasteiger charge is 2.21. The van der Waals surface area contributed by atoms with E-state index in [-0.39, 0.29) is 17.9 Å². The predicted octanol–water partition coefficient (Wildman–Crippen LogP) is 3.80. The Morgan fingerprint density at radius 3 is 2.50 bits per heavy atom. The smallest absolute Gasteiger partial charge is 0.326 e. The van der Waals surface area contributed by atoms with Crippen LogP contribution in [-0.2, 0) is 32.6 Å². The molecule has 0 aliphatic heterocycles. The van der Waals surface area contributed by atoms with Crippen LogP contribution < -0.4 is 10.0 Å². The van der Waals surface area contributed by atoms with Gasteiger partial charge < -0.3 is 15.0 Å². The molecule has 0 saturated carbocycles. The summed E-state index contributed by atoms with van der Waals surface area (Å²) in [5.74, 6) is -1.56. The fourth-order valence-corrected chi connectivity index (χ4v) is 5.58. The van der Waals surface area contributed by atoms with E-state index in [4.69, 9.17) is 0 Å². The van der Waals surface area contributed by atoms with Gasteiger partial charge in [-0.1, -0.05) is 48.5 Å². The number of nitrogens with one attached hydrogen (secondary N) is 2. The minimum absolute atomic E-state index is 0.0772. The summed E-state index contributed by atoms with van der Waals surface area (Å²) in [5.41, 5.74) is 2.25. The average Bonchev–Trinajstić information content (AvgIpc) is 3.29. The number of carboxylic acids is 1. The van der Waals surface area contributed by atoms with Gasteiger partial charge in [0.25, 0.3) is 10.0 Å². The second-order valence-corrected chi connectivity index (χ2v) is 10.5. The van der Waals surface area contributed by atoms with Crippen molar-refractivity contribution in [2.75, 3.05) is 4.72 Å². The van der Waals surface area contributed by atoms with Crippen molar-refractivity contribution in [1.82, 2.24) is 14.9 Å². The number of fused-ring (bicyclic) bond motifs is 2. The first-order valence-corrected chi connectivity index (χ1v) is 13.3. The number of hydrogen-bond donors (Lipinski definition) is 3. The number of nitrogens with zero attached hydrogens (tertiary/aromatic N) is 2. The second-order valence-electron chi connectivity index (χ2n) is 8.80. The molecule has 2 heterocycles. The Balaban J connectivity index is 1.31. The van der Waals surface area contributed by atoms with Crippen molar-refractivity contribution in [2.24, 2.45) is 0 Å². The summed E-state index contributed by atoms with van der Waals surface area (Å²) in [6, 6.07) is 23.3. The lowest BCUT2D eigenvalue weighted by Crippen LogP contribution is -2.43. The molecule has 0 bridgehead atoms. The Bertz CT molecular complexity index is 1740. The number of sulfonamides is 1. The lowest BCUT2D eigenvalue weighted by Gasteiger charge is -2.15. The van der Waals surface area contributed by atoms with E-state index >= 15 is 0 Å². The molecule has 2 aromatic heterocycles. The van der Waals surface area contributed by atoms with Gasteiger partial charge in [-0.25, -0.2) is 13.2 Å². The van der Waals surface area contributed by atoms with Crippen LogP contribution in [0.5, 0.6) is 0 Å². The Morgan fingerprint density at radius 1 is 0.921 bits per heavy atom. The molecule has 1 amide bonds. The molecule has 9 nitrogen and oxygen atoms in total. The number of carboxylic acid groups (broad SMARTS) is 1. The molecule has 0 saturated heterocycles. The highest BCUT2D eigenvalue weighted by Crippen LogP contribution is 2.26. The van der Waals surface area contributed by atoms with Crippen LogP contribution in [0.4, 0.5) is 5.69 Å². The first-order valence-electron chi connectivity index (χ1n) is 11.8. The number of amides is 1. The van der Waals surface area contributed by atoms with E-state index in [9.17, 15) is 23.1 Å². The quantitative estimate of drug-likeness (QED) is 0.267. The van der Waals surface area contributed by atoms with Crippen LogP contribution in [0.2, 0.25) is 0 Å². The van der Waals surface area contributed by atoms with E-state index in [1.807, 2.05) is 30.3 Å². The third kappa shape index (κ3) is 5.35. The van der Waals surface area contributed by atoms with Crippen LogP contribution in [0, 0.1) is 0 Å². The summed E-state index contributed by atoms with van der Waals surface area (Å²) < 4.78 is 30.6. The van der Waals surface area contributed by atoms with Gasteiger partial charge in [0.05, 0.1) is 5.52 Å². The minimum atomic E-state index is -3.91. The van der Waals surface area contributed by atoms with E-state index in [2.05, 4.69) is 15.0 Å². The Morgan fingerprint density at radius 2 is 1.71 bits per heavy atom. The maximum atomic E-state index is 13.1. The molecule has 0 aliphatic carbocycles. The van der Waals surface area contributed by atoms with Crippen LogP contribution in [0.3, 0.4) is 0 Å². The summed E-state index contributed by atoms with van der Waals surface area (Å²) in [5, 5.41) is 13.6. The topological polar surface area (TPSA) is 130 Å². The van der Waals surface area contributed by atoms with Crippen molar-refractivity contribution in [3.8, 4) is 0 Å². The van der Waals surface area contributed by atoms with Gasteiger partial charge in [0.1, 0.15) is 17.5 Å². The zero-order valence-electron chi connectivity index (χ0n) is 20.1. The molecule has 10 heteroatoms. The van der Waals surface area contributed by atoms with Crippen molar-refractivity contribution in [1.29, 1.82) is 0 Å². The maximum Gasteiger partial charge on any atom is 0.326 e. The molecular formula is C28H24N4O5S. The van der Waals surface area contributed by atoms with E-state index in [1.54, 1.807) is 65.5 Å². The molecule has 1 atom stereocenters. The first kappa shape index (κ1) is 25.0. The molecule has 192 valence electrons. The lowest BCUT2D eigenvalue weighted by molar-refractivity contribution is -0.141. The molecule has 3 N–H and O–H groups in total. The molecule has 5 aromatic rings. The molecule has 0 unspecified atom stereocenters. The number of anilines is 1. The van der Waals surface area contributed by atoms with Crippen molar-refractivity contribution < 1.29 is 23.1 Å². The Kier molecular flexibility index (Phi) is 6.80. The van der Waals surface area contributed by atoms with Crippen molar-refractivity contribution >= 4 is 49.4 Å². The molecule has 38 heavy (non-hydrogen) atoms. The highest BCUT2D eigenvalue weighted by molar-refractivity contribution is 7.93. The molecular weight excluding hydrogens is 504 g/mol. The fraction of sp³-hybridized carbons (Fsp3) is 0.107. The number of para-hydroxylation sites is 1. The van der Waals surface area contributed by atoms with E-state index in [0.29, 0.717) is 22.1 Å². The van der Waals surface area contributed by atoms with Gasteiger partial charge in [-0.2, -0.15) is 0 Å². The number of carbonyl (C=O) groups excluding carboxylic acids is 1. The zero-order valence-corrected chi connectivity index (χ0v) is 20.9. The summed E-state index contributed by atoms with van der Waals surface area (Å²) in [4.78, 5) is 28.7. The summed E-state index contributed by atoms with van der Waals surface area (Å²) >= 11 is 0. The van der Waals surface area contributed by atoms with Gasteiger partial charge in [-0.3, -0.25) is 14.5 Å². The van der Waals surface area contributed by atoms with Gasteiger partial charge in [0.2, 0.25) is 5.91 Å². The third-order valence-electron chi connectivity index (χ3n) is 6.14. The Labute approximate surface area is 218 Å². The molecule has 0 fully saturated rings. The first-order chi connectivity index (χ1) is 18.3. The number of rotatable bonds is 9. The third-order valence-corrected chi connectivity index (χ3v) is 7.55. The standard InChI is InChI=1S/C28H24N4O5S/c33-26(30-23(28(34)35)16-19-6-2-1-3-7-19)18-32-15-13-21-17-22(11-12-24(21)32)31-38(36,37)25-10-4-8-20-9-5-14-29-27(20)25/h1-15,17,23,31H,16,18H2,(H,30,33)(H,34,35)/t23-/m0/s1. The number of aliphatic carboxylic acids is 1. The summed E-state index contributed by atoms with van der Waals surface area (Å²) in [7, 11) is -3.91. The normalized spacial score (nSPS) is 12.3. The van der Waals surface area contributed by atoms with Gasteiger partial charge in [-0.15, -0.1) is 0 Å². The molecule has 0 spiro atoms. The van der Waals surface area contributed by atoms with Crippen LogP contribution >= 0.6 is 0 Å². The van der Waals surface area contributed by atoms with Crippen LogP contribution in [0.15, 0.2) is 102 Å². The molecule has 0 aliphatic rings. The monoisotopic (exact) mass is 528 g/mol. The van der Waals surface area contributed by atoms with Crippen LogP contribution in [0.1, 0.15) is 5.56 Å². The number of aromatic nitrogens is 2. The Hall–Kier alpha value is -4.70. The van der Waals surface area contributed by atoms with Crippen LogP contribution in [-0.4, -0.2) is 41.0 Å². The largest absolute Gasteiger partial charge is 0.480 e. The molecule has 3 aromatic carbocycles. The predicted molar refractivity (Wildman–Crippen MR) is 144 cm³/mol. The van der Waals surface area contributed by atoms with Crippen molar-refractivity contribution in [2.45, 2.75) is 23.9 Å².